The fourth-order valence-corrected chi connectivity index (χ4v) is 2.16. The van der Waals surface area contributed by atoms with Gasteiger partial charge in [0, 0.05) is 24.6 Å². The molecule has 0 fully saturated rings. The average Bonchev–Trinajstić information content (AvgIpc) is 2.55. The Balaban J connectivity index is 1.91. The van der Waals surface area contributed by atoms with Crippen LogP contribution in [0.3, 0.4) is 0 Å². The van der Waals surface area contributed by atoms with Crippen LogP contribution in [-0.4, -0.2) is 26.5 Å². The van der Waals surface area contributed by atoms with Crippen LogP contribution in [0.1, 0.15) is 20.3 Å². The molecule has 0 unspecified atom stereocenters. The molecule has 6 nitrogen and oxygen atoms in total. The van der Waals surface area contributed by atoms with Crippen LogP contribution in [0, 0.1) is 5.92 Å². The van der Waals surface area contributed by atoms with Crippen LogP contribution in [0.2, 0.25) is 0 Å². The van der Waals surface area contributed by atoms with E-state index in [4.69, 9.17) is 0 Å². The van der Waals surface area contributed by atoms with Crippen LogP contribution in [0.5, 0.6) is 0 Å². The molecule has 3 aromatic rings. The molecule has 0 aliphatic rings. The topological polar surface area (TPSA) is 75.6 Å². The highest BCUT2D eigenvalue weighted by Crippen LogP contribution is 2.22. The lowest BCUT2D eigenvalue weighted by molar-refractivity contribution is 0.606. The second kappa shape index (κ2) is 7.00. The van der Waals surface area contributed by atoms with E-state index in [1.54, 1.807) is 12.4 Å². The number of hydrogen-bond acceptors (Lipinski definition) is 6. The minimum absolute atomic E-state index is 0.567. The average molecular weight is 308 g/mol. The lowest BCUT2D eigenvalue weighted by atomic mass is 10.1. The maximum absolute atomic E-state index is 4.56. The van der Waals surface area contributed by atoms with E-state index in [0.717, 1.165) is 18.7 Å². The van der Waals surface area contributed by atoms with Gasteiger partial charge in [-0.2, -0.15) is 9.97 Å². The highest BCUT2D eigenvalue weighted by atomic mass is 15.2. The van der Waals surface area contributed by atoms with Crippen molar-refractivity contribution in [2.24, 2.45) is 5.92 Å². The first-order valence-electron chi connectivity index (χ1n) is 7.77. The van der Waals surface area contributed by atoms with Crippen LogP contribution in [0.25, 0.3) is 11.2 Å². The number of aromatic nitrogens is 4. The van der Waals surface area contributed by atoms with Crippen LogP contribution in [0.15, 0.2) is 42.7 Å². The molecule has 0 saturated heterocycles. The number of hydrogen-bond donors (Lipinski definition) is 2. The number of para-hydroxylation sites is 1. The van der Waals surface area contributed by atoms with E-state index >= 15 is 0 Å². The van der Waals surface area contributed by atoms with Gasteiger partial charge in [-0.3, -0.25) is 0 Å². The molecule has 0 aliphatic heterocycles. The van der Waals surface area contributed by atoms with Gasteiger partial charge < -0.3 is 10.6 Å². The minimum atomic E-state index is 0.567. The zero-order valence-corrected chi connectivity index (χ0v) is 13.3. The van der Waals surface area contributed by atoms with Gasteiger partial charge in [0.1, 0.15) is 0 Å². The van der Waals surface area contributed by atoms with E-state index in [9.17, 15) is 0 Å². The summed E-state index contributed by atoms with van der Waals surface area (Å²) in [6, 6.07) is 9.88. The van der Waals surface area contributed by atoms with Gasteiger partial charge in [-0.25, -0.2) is 9.97 Å². The summed E-state index contributed by atoms with van der Waals surface area (Å²) in [5.41, 5.74) is 2.19. The van der Waals surface area contributed by atoms with Crippen LogP contribution in [-0.2, 0) is 0 Å². The SMILES string of the molecule is CC(C)CCNc1nc(Nc2ccccc2)c2nccnc2n1. The summed E-state index contributed by atoms with van der Waals surface area (Å²) in [4.78, 5) is 17.6. The third kappa shape index (κ3) is 3.91. The van der Waals surface area contributed by atoms with E-state index in [1.807, 2.05) is 30.3 Å². The molecule has 0 radical (unpaired) electrons. The second-order valence-electron chi connectivity index (χ2n) is 5.72. The Morgan fingerprint density at radius 1 is 1.00 bits per heavy atom. The molecule has 2 heterocycles. The smallest absolute Gasteiger partial charge is 0.226 e. The van der Waals surface area contributed by atoms with Gasteiger partial charge in [0.2, 0.25) is 5.95 Å². The predicted molar refractivity (Wildman–Crippen MR) is 92.8 cm³/mol. The van der Waals surface area contributed by atoms with Crippen LogP contribution >= 0.6 is 0 Å². The van der Waals surface area contributed by atoms with Crippen molar-refractivity contribution < 1.29 is 0 Å². The standard InChI is InChI=1S/C17H20N6/c1-12(2)8-9-20-17-22-15-14(18-10-11-19-15)16(23-17)21-13-6-4-3-5-7-13/h3-7,10-12H,8-9H2,1-2H3,(H2,19,20,21,22,23). The van der Waals surface area contributed by atoms with Crippen molar-refractivity contribution in [3.63, 3.8) is 0 Å². The van der Waals surface area contributed by atoms with Gasteiger partial charge in [0.05, 0.1) is 0 Å². The van der Waals surface area contributed by atoms with Crippen molar-refractivity contribution in [1.82, 2.24) is 19.9 Å². The molecular weight excluding hydrogens is 288 g/mol. The molecule has 0 amide bonds. The Labute approximate surface area is 135 Å². The number of fused-ring (bicyclic) bond motifs is 1. The van der Waals surface area contributed by atoms with Gasteiger partial charge in [-0.1, -0.05) is 32.0 Å². The zero-order chi connectivity index (χ0) is 16.1. The van der Waals surface area contributed by atoms with E-state index in [-0.39, 0.29) is 0 Å². The highest BCUT2D eigenvalue weighted by Gasteiger charge is 2.10. The molecule has 6 heteroatoms. The van der Waals surface area contributed by atoms with Crippen LogP contribution in [0.4, 0.5) is 17.5 Å². The molecule has 1 aromatic carbocycles. The number of benzene rings is 1. The normalized spacial score (nSPS) is 10.9. The quantitative estimate of drug-likeness (QED) is 0.724. The molecular formula is C17H20N6. The van der Waals surface area contributed by atoms with Gasteiger partial charge in [0.25, 0.3) is 0 Å². The molecule has 3 rings (SSSR count). The zero-order valence-electron chi connectivity index (χ0n) is 13.3. The van der Waals surface area contributed by atoms with Gasteiger partial charge in [-0.15, -0.1) is 0 Å². The molecule has 0 aliphatic carbocycles. The Hall–Kier alpha value is -2.76. The van der Waals surface area contributed by atoms with E-state index in [0.29, 0.717) is 28.8 Å². The summed E-state index contributed by atoms with van der Waals surface area (Å²) in [5, 5.41) is 6.56. The van der Waals surface area contributed by atoms with E-state index in [2.05, 4.69) is 44.4 Å². The summed E-state index contributed by atoms with van der Waals surface area (Å²) in [7, 11) is 0. The third-order valence-corrected chi connectivity index (χ3v) is 3.37. The van der Waals surface area contributed by atoms with Crippen molar-refractivity contribution in [3.8, 4) is 0 Å². The number of anilines is 3. The van der Waals surface area contributed by atoms with Gasteiger partial charge in [0.15, 0.2) is 17.0 Å². The predicted octanol–water partition coefficient (Wildman–Crippen LogP) is 3.62. The van der Waals surface area contributed by atoms with Gasteiger partial charge >= 0.3 is 0 Å². The summed E-state index contributed by atoms with van der Waals surface area (Å²) in [6.07, 6.45) is 4.34. The largest absolute Gasteiger partial charge is 0.354 e. The summed E-state index contributed by atoms with van der Waals surface area (Å²) < 4.78 is 0. The fraction of sp³-hybridized carbons (Fsp3) is 0.294. The lowest BCUT2D eigenvalue weighted by Crippen LogP contribution is -2.10. The first-order valence-corrected chi connectivity index (χ1v) is 7.77. The molecule has 118 valence electrons. The first kappa shape index (κ1) is 15.1. The van der Waals surface area contributed by atoms with Crippen LogP contribution < -0.4 is 10.6 Å². The molecule has 0 atom stereocenters. The molecule has 0 spiro atoms. The van der Waals surface area contributed by atoms with Crippen molar-refractivity contribution >= 4 is 28.6 Å². The summed E-state index contributed by atoms with van der Waals surface area (Å²) >= 11 is 0. The molecule has 2 N–H and O–H groups in total. The maximum atomic E-state index is 4.56. The third-order valence-electron chi connectivity index (χ3n) is 3.37. The van der Waals surface area contributed by atoms with Crippen molar-refractivity contribution in [1.29, 1.82) is 0 Å². The molecule has 0 bridgehead atoms. The Bertz CT molecular complexity index is 772. The number of nitrogens with one attached hydrogen (secondary N) is 2. The second-order valence-corrected chi connectivity index (χ2v) is 5.72. The van der Waals surface area contributed by atoms with Crippen molar-refractivity contribution in [2.45, 2.75) is 20.3 Å². The van der Waals surface area contributed by atoms with E-state index in [1.165, 1.54) is 0 Å². The molecule has 2 aromatic heterocycles. The first-order chi connectivity index (χ1) is 11.2. The Kier molecular flexibility index (Phi) is 4.61. The number of nitrogens with zero attached hydrogens (tertiary/aromatic N) is 4. The molecule has 0 saturated carbocycles. The lowest BCUT2D eigenvalue weighted by Gasteiger charge is -2.11. The van der Waals surface area contributed by atoms with Crippen molar-refractivity contribution in [2.75, 3.05) is 17.2 Å². The minimum Gasteiger partial charge on any atom is -0.354 e. The van der Waals surface area contributed by atoms with Gasteiger partial charge in [-0.05, 0) is 24.5 Å². The molecule has 23 heavy (non-hydrogen) atoms. The highest BCUT2D eigenvalue weighted by molar-refractivity contribution is 5.85. The Morgan fingerprint density at radius 3 is 2.57 bits per heavy atom. The Morgan fingerprint density at radius 2 is 1.78 bits per heavy atom. The summed E-state index contributed by atoms with van der Waals surface area (Å²) in [6.45, 7) is 5.21. The maximum Gasteiger partial charge on any atom is 0.226 e. The fourth-order valence-electron chi connectivity index (χ4n) is 2.16. The monoisotopic (exact) mass is 308 g/mol. The summed E-state index contributed by atoms with van der Waals surface area (Å²) in [5.74, 6) is 1.85. The number of rotatable bonds is 6. The van der Waals surface area contributed by atoms with Crippen molar-refractivity contribution in [3.05, 3.63) is 42.7 Å². The van der Waals surface area contributed by atoms with E-state index < -0.39 is 0 Å².